The molecule has 7 nitrogen and oxygen atoms in total. The van der Waals surface area contributed by atoms with E-state index >= 15 is 0 Å². The average Bonchev–Trinajstić information content (AvgIpc) is 2.68. The minimum absolute atomic E-state index is 0. The molecule has 0 rings (SSSR count). The van der Waals surface area contributed by atoms with Crippen molar-refractivity contribution >= 4 is 34.8 Å². The molecule has 182 valence electrons. The first-order chi connectivity index (χ1) is 12.9. The Morgan fingerprint density at radius 1 is 0.655 bits per heavy atom. The van der Waals surface area contributed by atoms with E-state index in [9.17, 15) is 0 Å². The number of aliphatic hydroxyl groups is 4. The number of thioether (sulfide) groups is 1. The first kappa shape index (κ1) is 63.2. The Balaban J connectivity index is -0.0000000182. The van der Waals surface area contributed by atoms with Gasteiger partial charge in [-0.1, -0.05) is 41.5 Å². The Bertz CT molecular complexity index is 117. The Labute approximate surface area is 218 Å². The number of aliphatic hydroxyl groups excluding tert-OH is 4. The molecular formula is C19H53MgNO6STi. The fourth-order valence-corrected chi connectivity index (χ4v) is 0.836. The predicted molar refractivity (Wildman–Crippen MR) is 126 cm³/mol. The van der Waals surface area contributed by atoms with E-state index in [1.165, 1.54) is 11.5 Å². The Kier molecular flexibility index (Phi) is 286. The van der Waals surface area contributed by atoms with Crippen LogP contribution < -0.4 is 10.2 Å². The molecule has 0 unspecified atom stereocenters. The van der Waals surface area contributed by atoms with Crippen molar-refractivity contribution in [1.82, 2.24) is 4.90 Å². The van der Waals surface area contributed by atoms with Gasteiger partial charge in [-0.2, -0.15) is 11.8 Å². The molecule has 0 fully saturated rings. The van der Waals surface area contributed by atoms with Gasteiger partial charge in [0.2, 0.25) is 0 Å². The molecule has 0 aliphatic rings. The molecule has 0 aliphatic heterocycles. The monoisotopic (exact) mass is 495 g/mol. The van der Waals surface area contributed by atoms with Crippen LogP contribution in [0.1, 0.15) is 55.4 Å². The van der Waals surface area contributed by atoms with E-state index in [4.69, 9.17) is 30.6 Å². The molecule has 0 amide bonds. The maximum atomic E-state index is 8.93. The van der Waals surface area contributed by atoms with Crippen LogP contribution in [0.25, 0.3) is 0 Å². The van der Waals surface area contributed by atoms with Gasteiger partial charge in [-0.25, -0.2) is 0 Å². The summed E-state index contributed by atoms with van der Waals surface area (Å²) >= 11 is 1.96. The molecule has 0 saturated carbocycles. The van der Waals surface area contributed by atoms with Crippen molar-refractivity contribution in [3.8, 4) is 0 Å². The maximum Gasteiger partial charge on any atom is 2.00 e. The number of hydrogen-bond donors (Lipinski definition) is 4. The largest absolute Gasteiger partial charge is 2.00 e. The summed E-state index contributed by atoms with van der Waals surface area (Å²) in [6, 6.07) is 0. The van der Waals surface area contributed by atoms with Crippen molar-refractivity contribution in [1.29, 1.82) is 0 Å². The Morgan fingerprint density at radius 2 is 0.793 bits per heavy atom. The van der Waals surface area contributed by atoms with Gasteiger partial charge in [-0.15, -0.1) is 13.2 Å². The van der Waals surface area contributed by atoms with E-state index in [1.807, 2.05) is 11.8 Å². The van der Waals surface area contributed by atoms with Gasteiger partial charge in [0.1, 0.15) is 0 Å². The molecule has 0 aromatic carbocycles. The predicted octanol–water partition coefficient (Wildman–Crippen LogP) is 0.282. The molecule has 0 aromatic heterocycles. The summed E-state index contributed by atoms with van der Waals surface area (Å²) in [6.07, 6.45) is 0. The van der Waals surface area contributed by atoms with E-state index in [1.54, 1.807) is 27.7 Å². The molecule has 0 heterocycles. The van der Waals surface area contributed by atoms with Gasteiger partial charge < -0.3 is 35.5 Å². The van der Waals surface area contributed by atoms with Crippen LogP contribution in [0.2, 0.25) is 0 Å². The standard InChI is InChI=1S/C5H13N.C4H10S.2C2H6O.2C2H5O.2CH4O.Mg.Ti/c1-4-6(3)5-2;1-3-5-4-2;4*1-2-3;2*1-2;;/h4-5H2,1-3H3;3-4H2,1-2H3;2*3H,2H2,1H3;2*2H2,1H3;2*2H,1H3;;/q;;;;2*-1;;;+2;. The van der Waals surface area contributed by atoms with Crippen LogP contribution in [0.4, 0.5) is 0 Å². The van der Waals surface area contributed by atoms with Crippen LogP contribution in [0.3, 0.4) is 0 Å². The van der Waals surface area contributed by atoms with Crippen molar-refractivity contribution in [2.24, 2.45) is 0 Å². The number of hydrogen-bond acceptors (Lipinski definition) is 8. The number of nitrogens with zero attached hydrogens (tertiary/aromatic N) is 1. The fraction of sp³-hybridized carbons (Fsp3) is 1.00. The summed E-state index contributed by atoms with van der Waals surface area (Å²) < 4.78 is 0. The van der Waals surface area contributed by atoms with E-state index in [0.717, 1.165) is 27.3 Å². The third-order valence-electron chi connectivity index (χ3n) is 1.49. The maximum absolute atomic E-state index is 8.93. The van der Waals surface area contributed by atoms with Gasteiger partial charge in [0, 0.05) is 49.2 Å². The van der Waals surface area contributed by atoms with Crippen LogP contribution in [0, 0.1) is 0 Å². The second kappa shape index (κ2) is 131. The molecule has 0 radical (unpaired) electrons. The van der Waals surface area contributed by atoms with Crippen LogP contribution >= 0.6 is 11.8 Å². The molecule has 0 atom stereocenters. The second-order valence-corrected chi connectivity index (χ2v) is 5.04. The first-order valence-electron chi connectivity index (χ1n) is 9.42. The minimum atomic E-state index is 0. The van der Waals surface area contributed by atoms with Crippen molar-refractivity contribution in [2.75, 3.05) is 72.3 Å². The summed E-state index contributed by atoms with van der Waals surface area (Å²) in [5.74, 6) is 2.52. The van der Waals surface area contributed by atoms with Crippen LogP contribution in [0.5, 0.6) is 0 Å². The smallest absolute Gasteiger partial charge is 0.855 e. The first-order valence-corrected chi connectivity index (χ1v) is 10.6. The summed E-state index contributed by atoms with van der Waals surface area (Å²) in [6.45, 7) is 18.0. The van der Waals surface area contributed by atoms with Gasteiger partial charge in [0.05, 0.1) is 0 Å². The molecule has 0 aliphatic carbocycles. The number of rotatable bonds is 4. The van der Waals surface area contributed by atoms with E-state index in [2.05, 4.69) is 39.6 Å². The zero-order chi connectivity index (χ0) is 23.9. The summed E-state index contributed by atoms with van der Waals surface area (Å²) in [4.78, 5) is 2.25. The normalized spacial score (nSPS) is 6.41. The van der Waals surface area contributed by atoms with E-state index < -0.39 is 0 Å². The van der Waals surface area contributed by atoms with Gasteiger partial charge in [0.25, 0.3) is 0 Å². The third-order valence-corrected chi connectivity index (χ3v) is 2.30. The van der Waals surface area contributed by atoms with Crippen molar-refractivity contribution in [3.05, 3.63) is 0 Å². The third kappa shape index (κ3) is 393. The molecule has 0 aromatic rings. The average molecular weight is 496 g/mol. The van der Waals surface area contributed by atoms with Crippen molar-refractivity contribution in [2.45, 2.75) is 55.4 Å². The molecule has 0 spiro atoms. The zero-order valence-electron chi connectivity index (χ0n) is 21.3. The van der Waals surface area contributed by atoms with Gasteiger partial charge in [-0.3, -0.25) is 0 Å². The Morgan fingerprint density at radius 3 is 0.793 bits per heavy atom. The molecule has 0 bridgehead atoms. The molecule has 0 saturated heterocycles. The van der Waals surface area contributed by atoms with Crippen LogP contribution in [-0.4, -0.2) is 121 Å². The van der Waals surface area contributed by atoms with Gasteiger partial charge in [-0.05, 0) is 45.5 Å². The van der Waals surface area contributed by atoms with Gasteiger partial charge in [0.15, 0.2) is 0 Å². The molecule has 4 N–H and O–H groups in total. The SMILES string of the molecule is CCN(C)CC.CCO.CCO.CCSCC.CC[O-].CC[O-].CO.CO.[Mg+2].[Ti]. The van der Waals surface area contributed by atoms with Gasteiger partial charge >= 0.3 is 23.1 Å². The van der Waals surface area contributed by atoms with E-state index in [0.29, 0.717) is 0 Å². The van der Waals surface area contributed by atoms with Crippen LogP contribution in [-0.2, 0) is 21.7 Å². The molecule has 29 heavy (non-hydrogen) atoms. The van der Waals surface area contributed by atoms with Crippen molar-refractivity contribution in [3.63, 3.8) is 0 Å². The molecule has 10 heteroatoms. The minimum Gasteiger partial charge on any atom is -0.855 e. The summed E-state index contributed by atoms with van der Waals surface area (Å²) in [5, 5.41) is 47.0. The fourth-order valence-electron chi connectivity index (χ4n) is 0.428. The van der Waals surface area contributed by atoms with E-state index in [-0.39, 0.29) is 71.2 Å². The van der Waals surface area contributed by atoms with Crippen molar-refractivity contribution < 1.29 is 52.4 Å². The quantitative estimate of drug-likeness (QED) is 0.409. The molecular weight excluding hydrogens is 442 g/mol. The summed E-state index contributed by atoms with van der Waals surface area (Å²) in [7, 11) is 4.11. The summed E-state index contributed by atoms with van der Waals surface area (Å²) in [5.41, 5.74) is 0. The zero-order valence-corrected chi connectivity index (χ0v) is 25.1. The topological polar surface area (TPSA) is 130 Å². The van der Waals surface area contributed by atoms with Crippen LogP contribution in [0.15, 0.2) is 0 Å². The second-order valence-electron chi connectivity index (χ2n) is 3.48. The Hall–Kier alpha value is 1.55.